The molecule has 4 atom stereocenters. The van der Waals surface area contributed by atoms with Crippen LogP contribution in [0.4, 0.5) is 23.2 Å². The summed E-state index contributed by atoms with van der Waals surface area (Å²) in [4.78, 5) is 122. The van der Waals surface area contributed by atoms with Crippen molar-refractivity contribution in [2.75, 3.05) is 115 Å². The predicted molar refractivity (Wildman–Crippen MR) is 483 cm³/mol. The Kier molecular flexibility index (Phi) is 29.6. The van der Waals surface area contributed by atoms with Crippen LogP contribution < -0.4 is 21.3 Å². The monoisotopic (exact) mass is 1760 g/mol. The molecule has 4 N–H and O–H groups in total. The summed E-state index contributed by atoms with van der Waals surface area (Å²) in [5.74, 6) is -1.84. The molecule has 4 aromatic carbocycles. The molecule has 8 amide bonds. The minimum Gasteiger partial charge on any atom is -0.453 e. The number of fused-ring (bicyclic) bond motifs is 4. The highest BCUT2D eigenvalue weighted by Gasteiger charge is 2.34. The van der Waals surface area contributed by atoms with Gasteiger partial charge in [-0.3, -0.25) is 24.0 Å². The first-order valence-corrected chi connectivity index (χ1v) is 43.1. The fourth-order valence-electron chi connectivity index (χ4n) is 17.4. The molecule has 0 radical (unpaired) electrons. The Bertz CT molecular complexity index is 6280. The number of aryl methyl sites for hydroxylation is 6. The minimum absolute atomic E-state index is 0.0907. The molecule has 0 aliphatic carbocycles. The molecule has 4 aliphatic heterocycles. The number of nitrogens with zero attached hydrogens (tertiary/aromatic N) is 13. The molecule has 2 unspecified atom stereocenters. The van der Waals surface area contributed by atoms with Gasteiger partial charge in [0, 0.05) is 151 Å². The third kappa shape index (κ3) is 21.0. The second kappa shape index (κ2) is 41.2. The van der Waals surface area contributed by atoms with Gasteiger partial charge >= 0.3 is 18.3 Å². The maximum Gasteiger partial charge on any atom is 0.409 e. The van der Waals surface area contributed by atoms with Crippen LogP contribution >= 0.6 is 0 Å². The number of carbonyl (C=O) groups excluding carboxylic acids is 8. The van der Waals surface area contributed by atoms with Crippen molar-refractivity contribution in [3.05, 3.63) is 236 Å². The first-order chi connectivity index (χ1) is 62.0. The number of pyridine rings is 4. The number of ether oxygens (including phenoxy) is 5. The molecule has 32 heteroatoms. The van der Waals surface area contributed by atoms with E-state index in [-0.39, 0.29) is 71.7 Å². The van der Waals surface area contributed by atoms with Crippen LogP contribution in [0.25, 0.3) is 67.6 Å². The van der Waals surface area contributed by atoms with E-state index in [0.717, 1.165) is 155 Å². The zero-order valence-corrected chi connectivity index (χ0v) is 75.2. The molecule has 30 nitrogen and oxygen atoms in total. The topological polar surface area (TPSA) is 337 Å². The Morgan fingerprint density at radius 3 is 1.12 bits per heavy atom. The maximum atomic E-state index is 15.1. The third-order valence-electron chi connectivity index (χ3n) is 24.0. The summed E-state index contributed by atoms with van der Waals surface area (Å²) in [6.45, 7) is 19.0. The smallest absolute Gasteiger partial charge is 0.409 e. The number of carbonyl (C=O) groups is 8. The number of benzene rings is 4. The first-order valence-electron chi connectivity index (χ1n) is 43.1. The Balaban J connectivity index is 0.000000147. The number of halogens is 2. The fraction of sp³-hybridized carbons (Fsp3) is 0.371. The predicted octanol–water partition coefficient (Wildman–Crippen LogP) is 13.3. The number of imidazole rings is 4. The number of likely N-dealkylation sites (tertiary alicyclic amines) is 2. The van der Waals surface area contributed by atoms with E-state index in [0.29, 0.717) is 96.9 Å². The van der Waals surface area contributed by atoms with Crippen molar-refractivity contribution in [1.29, 1.82) is 5.26 Å². The lowest BCUT2D eigenvalue weighted by molar-refractivity contribution is -0.130. The van der Waals surface area contributed by atoms with Crippen LogP contribution in [0, 0.1) is 76.3 Å². The van der Waals surface area contributed by atoms with Crippen molar-refractivity contribution in [3.8, 4) is 51.1 Å². The zero-order valence-electron chi connectivity index (χ0n) is 75.2. The number of amides is 8. The van der Waals surface area contributed by atoms with Gasteiger partial charge in [0.25, 0.3) is 23.6 Å². The van der Waals surface area contributed by atoms with Gasteiger partial charge in [0.1, 0.15) is 34.2 Å². The second-order valence-corrected chi connectivity index (χ2v) is 32.9. The molecule has 12 heterocycles. The highest BCUT2D eigenvalue weighted by atomic mass is 19.1. The maximum absolute atomic E-state index is 15.1. The number of methoxy groups -OCH3 is 3. The number of hydrogen-bond donors (Lipinski definition) is 4. The molecule has 12 aromatic rings. The van der Waals surface area contributed by atoms with E-state index in [1.54, 1.807) is 66.7 Å². The summed E-state index contributed by atoms with van der Waals surface area (Å²) in [6.07, 6.45) is 12.6. The SMILES string of the molecule is CNC(=O)c1cc(F)c(-c2nc3cc(C)ccn3c2C[C@@H]2CN(C(=O)OC)CCO2)c(F)c1.CNC(=O)c1ccc(-c2nc3cc(C#N)ccn3c2C[C@H]2CN(C(=O)OC)CCO2)c(C)c1.CNC(=O)c1ccc(-c2nc3cc(C)ccn3c2CC2CCCN(C(=O)OC)C2)c(C)c1.CNC(=O)c1ccc(-c2nc3cc(C)ccn3c2CC2CCCN(C(C)=O)C2)c(C)c1. The lowest BCUT2D eigenvalue weighted by Gasteiger charge is -2.32. The fourth-order valence-corrected chi connectivity index (χ4v) is 17.4. The van der Waals surface area contributed by atoms with E-state index in [1.807, 2.05) is 104 Å². The lowest BCUT2D eigenvalue weighted by atomic mass is 9.91. The van der Waals surface area contributed by atoms with Crippen LogP contribution in [-0.2, 0) is 54.2 Å². The summed E-state index contributed by atoms with van der Waals surface area (Å²) in [6, 6.07) is 36.7. The van der Waals surface area contributed by atoms with E-state index in [4.69, 9.17) is 38.6 Å². The van der Waals surface area contributed by atoms with Crippen molar-refractivity contribution in [2.45, 2.75) is 112 Å². The van der Waals surface area contributed by atoms with Crippen LogP contribution in [0.1, 0.15) is 136 Å². The van der Waals surface area contributed by atoms with Gasteiger partial charge in [-0.1, -0.05) is 18.2 Å². The Hall–Kier alpha value is -13.9. The highest BCUT2D eigenvalue weighted by molar-refractivity contribution is 5.97. The standard InChI is InChI=1S/C25H30N4O3.C25H30N4O2.C24H25N5O4.C23H24F2N4O4/c1-16-9-11-29-21(14-18-6-5-10-28(15-18)25(31)32-4)23(27-22(29)12-16)20-8-7-19(13-17(20)2)24(30)26-3;1-16-9-11-29-22(14-19-6-5-10-28(15-19)18(3)30)24(27-23(29)12-16)21-8-7-20(13-17(21)2)25(31)26-4;1-15-10-17(23(30)26-2)4-5-19(15)22-20(29-7-6-16(13-25)11-21(29)27-22)12-18-14-28(8-9-33-18)24(31)32-3;1-13-4-5-29-18(11-15-12-28(6-7-33-15)23(31)32-3)21(27-19(29)8-13)20-16(24)9-14(10-17(20)25)22(30)26-2/h7-9,11-13,18H,5-6,10,14-15H2,1-4H3,(H,26,30);7-9,11-13,19H,5-6,10,14-15H2,1-4H3,(H,26,31);4-7,10-11,18H,8-9,12,14H2,1-3H3,(H,26,30);4-5,8-10,15H,6-7,11-12H2,1-3H3,(H,26,30)/t;;18-;15-/m..01/s1. The van der Waals surface area contributed by atoms with Gasteiger partial charge in [-0.2, -0.15) is 5.26 Å². The van der Waals surface area contributed by atoms with Crippen LogP contribution in [0.3, 0.4) is 0 Å². The zero-order chi connectivity index (χ0) is 92.2. The van der Waals surface area contributed by atoms with E-state index in [2.05, 4.69) is 91.6 Å². The number of morpholine rings is 2. The highest BCUT2D eigenvalue weighted by Crippen LogP contribution is 2.38. The largest absolute Gasteiger partial charge is 0.453 e. The molecule has 4 saturated heterocycles. The van der Waals surface area contributed by atoms with Crippen molar-refractivity contribution < 1.29 is 70.8 Å². The summed E-state index contributed by atoms with van der Waals surface area (Å²) in [7, 11) is 10.4. The molecular formula is C97H109F2N17O13. The number of rotatable bonds is 16. The van der Waals surface area contributed by atoms with E-state index in [1.165, 1.54) is 44.5 Å². The Morgan fingerprint density at radius 1 is 0.419 bits per heavy atom. The normalized spacial score (nSPS) is 16.2. The molecule has 674 valence electrons. The van der Waals surface area contributed by atoms with Gasteiger partial charge in [0.15, 0.2) is 0 Å². The lowest BCUT2D eigenvalue weighted by Crippen LogP contribution is -2.46. The van der Waals surface area contributed by atoms with Gasteiger partial charge in [0.05, 0.1) is 123 Å². The van der Waals surface area contributed by atoms with Crippen molar-refractivity contribution in [1.82, 2.24) is 78.4 Å². The van der Waals surface area contributed by atoms with Crippen LogP contribution in [0.15, 0.2) is 140 Å². The van der Waals surface area contributed by atoms with Crippen LogP contribution in [0.2, 0.25) is 0 Å². The first kappa shape index (κ1) is 92.7. The molecule has 0 spiro atoms. The number of aromatic nitrogens is 8. The molecule has 129 heavy (non-hydrogen) atoms. The molecule has 4 aliphatic rings. The van der Waals surface area contributed by atoms with E-state index in [9.17, 15) is 43.6 Å². The number of piperidine rings is 2. The summed E-state index contributed by atoms with van der Waals surface area (Å²) in [5, 5.41) is 19.7. The average Bonchev–Trinajstić information content (AvgIpc) is 1.64. The Labute approximate surface area is 746 Å². The number of nitriles is 1. The quantitative estimate of drug-likeness (QED) is 0.0653. The van der Waals surface area contributed by atoms with Crippen molar-refractivity contribution >= 4 is 70.4 Å². The second-order valence-electron chi connectivity index (χ2n) is 32.9. The number of nitrogens with one attached hydrogen (secondary N) is 4. The molecule has 4 fully saturated rings. The van der Waals surface area contributed by atoms with Crippen molar-refractivity contribution in [3.63, 3.8) is 0 Å². The van der Waals surface area contributed by atoms with E-state index < -0.39 is 29.7 Å². The van der Waals surface area contributed by atoms with Gasteiger partial charge in [-0.25, -0.2) is 43.1 Å². The molecular weight excluding hydrogens is 1650 g/mol. The van der Waals surface area contributed by atoms with Gasteiger partial charge in [-0.05, 0) is 222 Å². The van der Waals surface area contributed by atoms with Gasteiger partial charge in [-0.15, -0.1) is 0 Å². The summed E-state index contributed by atoms with van der Waals surface area (Å²) in [5.41, 5.74) is 20.6. The summed E-state index contributed by atoms with van der Waals surface area (Å²) >= 11 is 0. The molecule has 8 aromatic heterocycles. The third-order valence-corrected chi connectivity index (χ3v) is 24.0. The average molecular weight is 1760 g/mol. The molecule has 0 saturated carbocycles. The van der Waals surface area contributed by atoms with Gasteiger partial charge in [0.2, 0.25) is 5.91 Å². The summed E-state index contributed by atoms with van der Waals surface area (Å²) < 4.78 is 64.7. The number of hydrogen-bond acceptors (Lipinski definition) is 18. The minimum atomic E-state index is -0.893. The van der Waals surface area contributed by atoms with E-state index >= 15 is 8.78 Å². The molecule has 0 bridgehead atoms. The Morgan fingerprint density at radius 2 is 0.752 bits per heavy atom. The molecule has 16 rings (SSSR count). The van der Waals surface area contributed by atoms with Crippen LogP contribution in [-0.4, -0.2) is 232 Å². The van der Waals surface area contributed by atoms with Crippen molar-refractivity contribution in [2.24, 2.45) is 11.8 Å². The van der Waals surface area contributed by atoms with Gasteiger partial charge < -0.3 is 82.2 Å². The van der Waals surface area contributed by atoms with Crippen LogP contribution in [0.5, 0.6) is 0 Å².